The molecule has 0 amide bonds. The van der Waals surface area contributed by atoms with E-state index in [0.717, 1.165) is 23.6 Å². The minimum absolute atomic E-state index is 0.0227. The molecule has 182 valence electrons. The van der Waals surface area contributed by atoms with Crippen molar-refractivity contribution >= 4 is 43.9 Å². The Morgan fingerprint density at radius 2 is 1.92 bits per heavy atom. The van der Waals surface area contributed by atoms with E-state index in [9.17, 15) is 14.0 Å². The number of nitrogens with zero attached hydrogens (tertiary/aromatic N) is 3. The summed E-state index contributed by atoms with van der Waals surface area (Å²) in [6, 6.07) is 12.0. The lowest BCUT2D eigenvalue weighted by Gasteiger charge is -2.34. The fraction of sp³-hybridized carbons (Fsp3) is 0.222. The molecule has 0 N–H and O–H groups in total. The zero-order valence-corrected chi connectivity index (χ0v) is 21.1. The summed E-state index contributed by atoms with van der Waals surface area (Å²) in [4.78, 5) is 32.8. The van der Waals surface area contributed by atoms with E-state index in [1.165, 1.54) is 35.1 Å². The van der Waals surface area contributed by atoms with Crippen LogP contribution in [0.4, 0.5) is 4.39 Å². The molecule has 0 saturated heterocycles. The Morgan fingerprint density at radius 1 is 1.14 bits per heavy atom. The third kappa shape index (κ3) is 3.47. The van der Waals surface area contributed by atoms with Crippen LogP contribution in [0.5, 0.6) is 5.75 Å². The van der Waals surface area contributed by atoms with E-state index in [1.54, 1.807) is 23.0 Å². The number of halogens is 2. The number of aromatic nitrogens is 3. The van der Waals surface area contributed by atoms with Crippen LogP contribution in [0, 0.1) is 11.7 Å². The Morgan fingerprint density at radius 3 is 2.67 bits per heavy atom. The normalized spacial score (nSPS) is 17.4. The van der Waals surface area contributed by atoms with Gasteiger partial charge in [-0.05, 0) is 37.0 Å². The SMILES string of the molecule is COc1cc(-c2cc3c(s2)c(=O)n(-c2cncc4ccccc24)c(=O)n3C2CC(C)C2)c(Cl)cc1F. The molecule has 0 spiro atoms. The molecular weight excluding hydrogens is 501 g/mol. The lowest BCUT2D eigenvalue weighted by atomic mass is 9.81. The van der Waals surface area contributed by atoms with Crippen molar-refractivity contribution in [2.75, 3.05) is 7.11 Å². The number of fused-ring (bicyclic) bond motifs is 2. The average Bonchev–Trinajstić information content (AvgIpc) is 3.28. The van der Waals surface area contributed by atoms with Gasteiger partial charge in [-0.2, -0.15) is 0 Å². The molecule has 1 saturated carbocycles. The maximum absolute atomic E-state index is 14.2. The second-order valence-electron chi connectivity index (χ2n) is 9.19. The van der Waals surface area contributed by atoms with Crippen molar-refractivity contribution in [3.8, 4) is 21.9 Å². The van der Waals surface area contributed by atoms with Gasteiger partial charge in [0.1, 0.15) is 4.70 Å². The lowest BCUT2D eigenvalue weighted by Crippen LogP contribution is -2.42. The molecule has 3 heterocycles. The third-order valence-electron chi connectivity index (χ3n) is 6.88. The predicted molar refractivity (Wildman–Crippen MR) is 141 cm³/mol. The van der Waals surface area contributed by atoms with Crippen LogP contribution >= 0.6 is 22.9 Å². The van der Waals surface area contributed by atoms with Gasteiger partial charge in [0.2, 0.25) is 0 Å². The van der Waals surface area contributed by atoms with Crippen molar-refractivity contribution in [3.63, 3.8) is 0 Å². The standard InChI is InChI=1S/C27H21ClFN3O3S/c1-14-7-16(8-14)31-21-11-24(18-9-23(35-2)20(29)10-19(18)28)36-25(21)26(33)32(27(31)34)22-13-30-12-15-5-3-4-6-17(15)22/h3-6,9-14,16H,7-8H2,1-2H3. The van der Waals surface area contributed by atoms with E-state index >= 15 is 0 Å². The number of hydrogen-bond acceptors (Lipinski definition) is 5. The molecule has 6 nitrogen and oxygen atoms in total. The highest BCUT2D eigenvalue weighted by molar-refractivity contribution is 7.22. The van der Waals surface area contributed by atoms with Crippen LogP contribution in [0.2, 0.25) is 5.02 Å². The first kappa shape index (κ1) is 22.9. The van der Waals surface area contributed by atoms with Crippen molar-refractivity contribution in [1.82, 2.24) is 14.1 Å². The number of benzene rings is 2. The van der Waals surface area contributed by atoms with Crippen LogP contribution in [-0.2, 0) is 0 Å². The smallest absolute Gasteiger partial charge is 0.336 e. The molecule has 1 aliphatic rings. The lowest BCUT2D eigenvalue weighted by molar-refractivity contribution is 0.214. The van der Waals surface area contributed by atoms with Gasteiger partial charge in [-0.15, -0.1) is 11.3 Å². The van der Waals surface area contributed by atoms with E-state index in [4.69, 9.17) is 16.3 Å². The summed E-state index contributed by atoms with van der Waals surface area (Å²) < 4.78 is 22.7. The molecule has 2 aromatic carbocycles. The minimum atomic E-state index is -0.571. The summed E-state index contributed by atoms with van der Waals surface area (Å²) >= 11 is 7.63. The maximum atomic E-state index is 14.2. The van der Waals surface area contributed by atoms with Crippen LogP contribution in [0.25, 0.3) is 37.1 Å². The predicted octanol–water partition coefficient (Wildman–Crippen LogP) is 6.20. The summed E-state index contributed by atoms with van der Waals surface area (Å²) in [6.45, 7) is 2.15. The van der Waals surface area contributed by atoms with Crippen molar-refractivity contribution in [1.29, 1.82) is 0 Å². The molecule has 0 unspecified atom stereocenters. The first-order valence-corrected chi connectivity index (χ1v) is 12.7. The molecule has 0 atom stereocenters. The molecule has 1 aliphatic carbocycles. The molecular formula is C27H21ClFN3O3S. The van der Waals surface area contributed by atoms with Crippen LogP contribution in [0.15, 0.2) is 64.4 Å². The minimum Gasteiger partial charge on any atom is -0.494 e. The zero-order chi connectivity index (χ0) is 25.1. The molecule has 0 radical (unpaired) electrons. The van der Waals surface area contributed by atoms with E-state index in [1.807, 2.05) is 24.3 Å². The van der Waals surface area contributed by atoms with Crippen LogP contribution < -0.4 is 16.0 Å². The Hall–Kier alpha value is -3.49. The number of rotatable bonds is 4. The molecule has 36 heavy (non-hydrogen) atoms. The molecule has 0 bridgehead atoms. The zero-order valence-electron chi connectivity index (χ0n) is 19.5. The molecule has 5 aromatic rings. The Balaban J connectivity index is 1.67. The van der Waals surface area contributed by atoms with Gasteiger partial charge in [0.05, 0.1) is 29.5 Å². The van der Waals surface area contributed by atoms with Gasteiger partial charge in [0, 0.05) is 33.5 Å². The molecule has 3 aromatic heterocycles. The van der Waals surface area contributed by atoms with Crippen molar-refractivity contribution < 1.29 is 9.13 Å². The number of hydrogen-bond donors (Lipinski definition) is 0. The Bertz CT molecular complexity index is 1780. The van der Waals surface area contributed by atoms with Gasteiger partial charge in [0.15, 0.2) is 11.6 Å². The van der Waals surface area contributed by atoms with Gasteiger partial charge in [0.25, 0.3) is 5.56 Å². The number of ether oxygens (including phenoxy) is 1. The van der Waals surface area contributed by atoms with Crippen molar-refractivity contribution in [3.05, 3.63) is 86.5 Å². The van der Waals surface area contributed by atoms with Gasteiger partial charge < -0.3 is 4.74 Å². The second-order valence-corrected chi connectivity index (χ2v) is 10.7. The number of methoxy groups -OCH3 is 1. The monoisotopic (exact) mass is 521 g/mol. The molecule has 0 aliphatic heterocycles. The van der Waals surface area contributed by atoms with E-state index in [-0.39, 0.29) is 16.8 Å². The Labute approximate surface area is 214 Å². The third-order valence-corrected chi connectivity index (χ3v) is 8.33. The fourth-order valence-electron chi connectivity index (χ4n) is 5.03. The maximum Gasteiger partial charge on any atom is 0.336 e. The first-order valence-electron chi connectivity index (χ1n) is 11.5. The topological polar surface area (TPSA) is 66.1 Å². The van der Waals surface area contributed by atoms with E-state index in [2.05, 4.69) is 11.9 Å². The van der Waals surface area contributed by atoms with Gasteiger partial charge >= 0.3 is 5.69 Å². The van der Waals surface area contributed by atoms with Crippen LogP contribution in [0.1, 0.15) is 25.8 Å². The highest BCUT2D eigenvalue weighted by Gasteiger charge is 2.31. The molecule has 6 rings (SSSR count). The second kappa shape index (κ2) is 8.57. The van der Waals surface area contributed by atoms with Gasteiger partial charge in [-0.25, -0.2) is 13.8 Å². The summed E-state index contributed by atoms with van der Waals surface area (Å²) in [6.07, 6.45) is 4.96. The van der Waals surface area contributed by atoms with Crippen molar-refractivity contribution in [2.24, 2.45) is 5.92 Å². The van der Waals surface area contributed by atoms with Gasteiger partial charge in [-0.1, -0.05) is 42.8 Å². The van der Waals surface area contributed by atoms with Crippen LogP contribution in [0.3, 0.4) is 0 Å². The van der Waals surface area contributed by atoms with E-state index < -0.39 is 17.1 Å². The van der Waals surface area contributed by atoms with Gasteiger partial charge in [-0.3, -0.25) is 14.3 Å². The number of thiophene rings is 1. The first-order chi connectivity index (χ1) is 17.4. The largest absolute Gasteiger partial charge is 0.494 e. The fourth-order valence-corrected chi connectivity index (χ4v) is 6.45. The average molecular weight is 522 g/mol. The quantitative estimate of drug-likeness (QED) is 0.282. The highest BCUT2D eigenvalue weighted by Crippen LogP contribution is 2.42. The highest BCUT2D eigenvalue weighted by atomic mass is 35.5. The van der Waals surface area contributed by atoms with Crippen LogP contribution in [-0.4, -0.2) is 21.2 Å². The number of pyridine rings is 1. The summed E-state index contributed by atoms with van der Waals surface area (Å²) in [7, 11) is 1.38. The summed E-state index contributed by atoms with van der Waals surface area (Å²) in [5.41, 5.74) is 0.732. The summed E-state index contributed by atoms with van der Waals surface area (Å²) in [5.74, 6) is -0.0275. The van der Waals surface area contributed by atoms with Crippen molar-refractivity contribution in [2.45, 2.75) is 25.8 Å². The molecule has 9 heteroatoms. The molecule has 1 fully saturated rings. The van der Waals surface area contributed by atoms with E-state index in [0.29, 0.717) is 32.3 Å². The summed E-state index contributed by atoms with van der Waals surface area (Å²) in [5, 5.41) is 1.80. The Kier molecular flexibility index (Phi) is 5.46.